The lowest BCUT2D eigenvalue weighted by atomic mass is 10.2. The molecule has 0 aliphatic carbocycles. The fraction of sp³-hybridized carbons (Fsp3) is 0. The molecule has 2 heterocycles. The summed E-state index contributed by atoms with van der Waals surface area (Å²) in [5.74, 6) is 0.601. The second kappa shape index (κ2) is 6.39. The van der Waals surface area contributed by atoms with E-state index in [0.29, 0.717) is 20.6 Å². The summed E-state index contributed by atoms with van der Waals surface area (Å²) in [5.41, 5.74) is 1.66. The van der Waals surface area contributed by atoms with Gasteiger partial charge in [-0.1, -0.05) is 29.3 Å². The van der Waals surface area contributed by atoms with Crippen LogP contribution in [-0.4, -0.2) is 26.1 Å². The third-order valence-electron chi connectivity index (χ3n) is 2.85. The Morgan fingerprint density at radius 3 is 2.64 bits per heavy atom. The van der Waals surface area contributed by atoms with Crippen LogP contribution in [0.3, 0.4) is 0 Å². The third kappa shape index (κ3) is 3.09. The number of nitrogens with zero attached hydrogens (tertiary/aromatic N) is 4. The summed E-state index contributed by atoms with van der Waals surface area (Å²) in [6.07, 6.45) is 5.00. The predicted molar refractivity (Wildman–Crippen MR) is 90.1 cm³/mol. The van der Waals surface area contributed by atoms with Crippen molar-refractivity contribution in [2.75, 3.05) is 0 Å². The van der Waals surface area contributed by atoms with Crippen molar-refractivity contribution >= 4 is 41.6 Å². The Labute approximate surface area is 141 Å². The van der Waals surface area contributed by atoms with Gasteiger partial charge in [-0.05, 0) is 42.0 Å². The Morgan fingerprint density at radius 2 is 1.91 bits per heavy atom. The number of hydrogen-bond donors (Lipinski definition) is 1. The molecular formula is C14H9Cl2N5S. The molecule has 0 aliphatic rings. The fourth-order valence-electron chi connectivity index (χ4n) is 1.80. The van der Waals surface area contributed by atoms with Gasteiger partial charge in [0.1, 0.15) is 0 Å². The topological polar surface area (TPSA) is 58.9 Å². The molecule has 0 bridgehead atoms. The third-order valence-corrected chi connectivity index (χ3v) is 3.86. The van der Waals surface area contributed by atoms with Gasteiger partial charge >= 0.3 is 0 Å². The van der Waals surface area contributed by atoms with E-state index < -0.39 is 0 Å². The average molecular weight is 350 g/mol. The van der Waals surface area contributed by atoms with Crippen LogP contribution < -0.4 is 0 Å². The Morgan fingerprint density at radius 1 is 1.14 bits per heavy atom. The van der Waals surface area contributed by atoms with Crippen molar-refractivity contribution in [1.29, 1.82) is 0 Å². The summed E-state index contributed by atoms with van der Waals surface area (Å²) in [5, 5.41) is 12.2. The highest BCUT2D eigenvalue weighted by Crippen LogP contribution is 2.22. The van der Waals surface area contributed by atoms with Crippen molar-refractivity contribution in [3.63, 3.8) is 0 Å². The van der Waals surface area contributed by atoms with Gasteiger partial charge in [0.05, 0.1) is 16.3 Å². The SMILES string of the molecule is S=c1[nH]nc(-c2ccncc2)n1/N=C/c1ccc(Cl)c(Cl)c1. The highest BCUT2D eigenvalue weighted by molar-refractivity contribution is 7.71. The first-order chi connectivity index (χ1) is 10.6. The van der Waals surface area contributed by atoms with E-state index in [4.69, 9.17) is 35.4 Å². The number of pyridine rings is 1. The maximum atomic E-state index is 5.99. The van der Waals surface area contributed by atoms with Crippen molar-refractivity contribution in [3.8, 4) is 11.4 Å². The van der Waals surface area contributed by atoms with Crippen molar-refractivity contribution in [2.45, 2.75) is 0 Å². The minimum Gasteiger partial charge on any atom is -0.265 e. The van der Waals surface area contributed by atoms with Crippen molar-refractivity contribution in [1.82, 2.24) is 19.9 Å². The zero-order valence-corrected chi connectivity index (χ0v) is 13.4. The van der Waals surface area contributed by atoms with E-state index in [1.54, 1.807) is 30.7 Å². The molecule has 1 aromatic carbocycles. The van der Waals surface area contributed by atoms with Crippen molar-refractivity contribution < 1.29 is 0 Å². The van der Waals surface area contributed by atoms with E-state index in [1.807, 2.05) is 18.2 Å². The normalized spacial score (nSPS) is 11.2. The van der Waals surface area contributed by atoms with E-state index in [9.17, 15) is 0 Å². The lowest BCUT2D eigenvalue weighted by Crippen LogP contribution is -1.95. The van der Waals surface area contributed by atoms with Crippen LogP contribution in [0.25, 0.3) is 11.4 Å². The van der Waals surface area contributed by atoms with Crippen LogP contribution in [0.15, 0.2) is 47.8 Å². The van der Waals surface area contributed by atoms with Gasteiger partial charge in [-0.3, -0.25) is 4.98 Å². The van der Waals surface area contributed by atoms with Crippen LogP contribution in [0.5, 0.6) is 0 Å². The second-order valence-electron chi connectivity index (χ2n) is 4.32. The first-order valence-corrected chi connectivity index (χ1v) is 7.39. The number of aromatic amines is 1. The molecule has 0 spiro atoms. The van der Waals surface area contributed by atoms with Crippen LogP contribution in [0.1, 0.15) is 5.56 Å². The highest BCUT2D eigenvalue weighted by atomic mass is 35.5. The molecule has 0 fully saturated rings. The zero-order valence-electron chi connectivity index (χ0n) is 11.1. The van der Waals surface area contributed by atoms with Crippen molar-refractivity contribution in [2.24, 2.45) is 5.10 Å². The molecule has 1 N–H and O–H groups in total. The fourth-order valence-corrected chi connectivity index (χ4v) is 2.29. The zero-order chi connectivity index (χ0) is 15.5. The molecule has 22 heavy (non-hydrogen) atoms. The first kappa shape index (κ1) is 14.9. The van der Waals surface area contributed by atoms with E-state index in [-0.39, 0.29) is 0 Å². The number of nitrogens with one attached hydrogen (secondary N) is 1. The standard InChI is InChI=1S/C14H9Cl2N5S/c15-11-2-1-9(7-12(11)16)8-18-21-13(19-20-14(21)22)10-3-5-17-6-4-10/h1-8H,(H,20,22)/b18-8+. The van der Waals surface area contributed by atoms with Gasteiger partial charge in [-0.15, -0.1) is 0 Å². The summed E-state index contributed by atoms with van der Waals surface area (Å²) in [7, 11) is 0. The second-order valence-corrected chi connectivity index (χ2v) is 5.52. The van der Waals surface area contributed by atoms with Gasteiger partial charge in [-0.2, -0.15) is 14.9 Å². The highest BCUT2D eigenvalue weighted by Gasteiger charge is 2.07. The van der Waals surface area contributed by atoms with Gasteiger partial charge in [0.2, 0.25) is 4.77 Å². The molecule has 3 rings (SSSR count). The minimum atomic E-state index is 0.392. The Kier molecular flexibility index (Phi) is 4.33. The van der Waals surface area contributed by atoms with E-state index in [0.717, 1.165) is 11.1 Å². The summed E-state index contributed by atoms with van der Waals surface area (Å²) in [4.78, 5) is 3.98. The van der Waals surface area contributed by atoms with Crippen LogP contribution in [0, 0.1) is 4.77 Å². The van der Waals surface area contributed by atoms with Gasteiger partial charge in [0.15, 0.2) is 5.82 Å². The maximum Gasteiger partial charge on any atom is 0.216 e. The number of H-pyrrole nitrogens is 1. The van der Waals surface area contributed by atoms with Gasteiger partial charge in [-0.25, -0.2) is 5.10 Å². The Bertz CT molecular complexity index is 886. The number of benzene rings is 1. The average Bonchev–Trinajstić information content (AvgIpc) is 2.90. The molecule has 0 unspecified atom stereocenters. The quantitative estimate of drug-likeness (QED) is 0.569. The van der Waals surface area contributed by atoms with Crippen LogP contribution >= 0.6 is 35.4 Å². The van der Waals surface area contributed by atoms with E-state index >= 15 is 0 Å². The molecule has 110 valence electrons. The van der Waals surface area contributed by atoms with Gasteiger partial charge in [0, 0.05) is 18.0 Å². The molecule has 0 saturated heterocycles. The Balaban J connectivity index is 1.99. The molecule has 0 atom stereocenters. The molecule has 5 nitrogen and oxygen atoms in total. The number of aromatic nitrogens is 4. The molecular weight excluding hydrogens is 341 g/mol. The molecule has 0 saturated carbocycles. The molecule has 2 aromatic heterocycles. The van der Waals surface area contributed by atoms with Crippen molar-refractivity contribution in [3.05, 3.63) is 63.1 Å². The summed E-state index contributed by atoms with van der Waals surface area (Å²) >= 11 is 17.1. The van der Waals surface area contributed by atoms with E-state index in [2.05, 4.69) is 20.3 Å². The molecule has 3 aromatic rings. The number of hydrogen-bond acceptors (Lipinski definition) is 4. The van der Waals surface area contributed by atoms with E-state index in [1.165, 1.54) is 4.68 Å². The Hall–Kier alpha value is -2.02. The number of halogens is 2. The summed E-state index contributed by atoms with van der Waals surface area (Å²) in [6.45, 7) is 0. The van der Waals surface area contributed by atoms with Gasteiger partial charge in [0.25, 0.3) is 0 Å². The predicted octanol–water partition coefficient (Wildman–Crippen LogP) is 4.19. The lowest BCUT2D eigenvalue weighted by molar-refractivity contribution is 0.871. The summed E-state index contributed by atoms with van der Waals surface area (Å²) in [6, 6.07) is 8.91. The summed E-state index contributed by atoms with van der Waals surface area (Å²) < 4.78 is 1.93. The van der Waals surface area contributed by atoms with Gasteiger partial charge < -0.3 is 0 Å². The number of rotatable bonds is 3. The molecule has 0 amide bonds. The minimum absolute atomic E-state index is 0.392. The first-order valence-electron chi connectivity index (χ1n) is 6.22. The monoisotopic (exact) mass is 349 g/mol. The smallest absolute Gasteiger partial charge is 0.216 e. The molecule has 0 radical (unpaired) electrons. The van der Waals surface area contributed by atoms with Crippen LogP contribution in [-0.2, 0) is 0 Å². The molecule has 8 heteroatoms. The van der Waals surface area contributed by atoms with Crippen LogP contribution in [0.4, 0.5) is 0 Å². The maximum absolute atomic E-state index is 5.99. The molecule has 0 aliphatic heterocycles. The lowest BCUT2D eigenvalue weighted by Gasteiger charge is -2.01. The van der Waals surface area contributed by atoms with Crippen LogP contribution in [0.2, 0.25) is 10.0 Å². The largest absolute Gasteiger partial charge is 0.265 e.